The summed E-state index contributed by atoms with van der Waals surface area (Å²) in [6, 6.07) is 6.45. The van der Waals surface area contributed by atoms with E-state index in [0.29, 0.717) is 6.54 Å². The van der Waals surface area contributed by atoms with Crippen molar-refractivity contribution in [2.24, 2.45) is 5.73 Å². The van der Waals surface area contributed by atoms with Gasteiger partial charge in [-0.2, -0.15) is 5.10 Å². The molecule has 0 radical (unpaired) electrons. The molecule has 90 valence electrons. The molecule has 3 heteroatoms. The van der Waals surface area contributed by atoms with Crippen LogP contribution in [0.3, 0.4) is 0 Å². The van der Waals surface area contributed by atoms with E-state index < -0.39 is 0 Å². The van der Waals surface area contributed by atoms with Crippen LogP contribution in [0.4, 0.5) is 0 Å². The molecule has 0 unspecified atom stereocenters. The molecule has 0 saturated carbocycles. The van der Waals surface area contributed by atoms with Crippen molar-refractivity contribution in [3.05, 3.63) is 40.6 Å². The molecular formula is C14H19N3. The molecule has 2 rings (SSSR count). The van der Waals surface area contributed by atoms with Crippen LogP contribution in [-0.2, 0) is 6.42 Å². The van der Waals surface area contributed by atoms with Crippen molar-refractivity contribution >= 4 is 0 Å². The fourth-order valence-electron chi connectivity index (χ4n) is 1.99. The van der Waals surface area contributed by atoms with Crippen molar-refractivity contribution in [3.63, 3.8) is 0 Å². The van der Waals surface area contributed by atoms with Gasteiger partial charge in [0, 0.05) is 17.7 Å². The zero-order valence-electron chi connectivity index (χ0n) is 10.7. The van der Waals surface area contributed by atoms with Gasteiger partial charge in [-0.15, -0.1) is 0 Å². The van der Waals surface area contributed by atoms with Crippen LogP contribution >= 0.6 is 0 Å². The molecule has 0 aliphatic carbocycles. The van der Waals surface area contributed by atoms with Crippen LogP contribution in [0, 0.1) is 20.8 Å². The summed E-state index contributed by atoms with van der Waals surface area (Å²) in [5.41, 5.74) is 12.7. The molecule has 3 N–H and O–H groups in total. The van der Waals surface area contributed by atoms with Crippen molar-refractivity contribution in [2.75, 3.05) is 6.54 Å². The topological polar surface area (TPSA) is 54.7 Å². The second-order valence-electron chi connectivity index (χ2n) is 4.51. The number of nitrogens with two attached hydrogens (primary N) is 1. The minimum Gasteiger partial charge on any atom is -0.330 e. The maximum Gasteiger partial charge on any atom is 0.0952 e. The third-order valence-corrected chi connectivity index (χ3v) is 3.29. The molecule has 2 aromatic rings. The second kappa shape index (κ2) is 4.72. The molecule has 1 heterocycles. The van der Waals surface area contributed by atoms with E-state index in [1.54, 1.807) is 0 Å². The largest absolute Gasteiger partial charge is 0.330 e. The van der Waals surface area contributed by atoms with E-state index >= 15 is 0 Å². The Labute approximate surface area is 102 Å². The van der Waals surface area contributed by atoms with E-state index in [1.807, 2.05) is 0 Å². The first kappa shape index (κ1) is 11.9. The van der Waals surface area contributed by atoms with Crippen LogP contribution in [0.1, 0.15) is 22.4 Å². The number of aromatic amines is 1. The van der Waals surface area contributed by atoms with E-state index in [1.165, 1.54) is 22.3 Å². The maximum absolute atomic E-state index is 5.57. The van der Waals surface area contributed by atoms with Gasteiger partial charge in [0.05, 0.1) is 5.69 Å². The third-order valence-electron chi connectivity index (χ3n) is 3.29. The molecule has 3 nitrogen and oxygen atoms in total. The van der Waals surface area contributed by atoms with E-state index in [9.17, 15) is 0 Å². The van der Waals surface area contributed by atoms with Crippen LogP contribution < -0.4 is 5.73 Å². The lowest BCUT2D eigenvalue weighted by Gasteiger charge is -2.04. The van der Waals surface area contributed by atoms with E-state index in [-0.39, 0.29) is 0 Å². The molecule has 17 heavy (non-hydrogen) atoms. The number of nitrogens with zero attached hydrogens (tertiary/aromatic N) is 1. The zero-order chi connectivity index (χ0) is 12.4. The van der Waals surface area contributed by atoms with E-state index in [4.69, 9.17) is 5.73 Å². The van der Waals surface area contributed by atoms with Crippen LogP contribution in [-0.4, -0.2) is 16.7 Å². The summed E-state index contributed by atoms with van der Waals surface area (Å²) in [5.74, 6) is 0. The molecule has 0 saturated heterocycles. The van der Waals surface area contributed by atoms with Gasteiger partial charge in [-0.05, 0) is 50.1 Å². The molecule has 1 aromatic carbocycles. The first-order valence-corrected chi connectivity index (χ1v) is 5.95. The molecular weight excluding hydrogens is 210 g/mol. The molecule has 1 aromatic heterocycles. The molecule has 0 atom stereocenters. The summed E-state index contributed by atoms with van der Waals surface area (Å²) in [4.78, 5) is 0. The van der Waals surface area contributed by atoms with Gasteiger partial charge < -0.3 is 5.73 Å². The Morgan fingerprint density at radius 2 is 1.94 bits per heavy atom. The summed E-state index contributed by atoms with van der Waals surface area (Å²) in [6.07, 6.45) is 0.851. The predicted molar refractivity (Wildman–Crippen MR) is 71.0 cm³/mol. The highest BCUT2D eigenvalue weighted by Gasteiger charge is 2.10. The highest BCUT2D eigenvalue weighted by atomic mass is 15.1. The Morgan fingerprint density at radius 3 is 2.59 bits per heavy atom. The fourth-order valence-corrected chi connectivity index (χ4v) is 1.99. The quantitative estimate of drug-likeness (QED) is 0.849. The zero-order valence-corrected chi connectivity index (χ0v) is 10.7. The average Bonchev–Trinajstić information content (AvgIpc) is 2.66. The number of aryl methyl sites for hydroxylation is 2. The fraction of sp³-hybridized carbons (Fsp3) is 0.357. The average molecular weight is 229 g/mol. The molecule has 0 aliphatic rings. The Kier molecular flexibility index (Phi) is 3.29. The lowest BCUT2D eigenvalue weighted by Crippen LogP contribution is -2.03. The number of rotatable bonds is 3. The minimum absolute atomic E-state index is 0.648. The molecule has 0 aliphatic heterocycles. The highest BCUT2D eigenvalue weighted by molar-refractivity contribution is 5.65. The maximum atomic E-state index is 5.57. The van der Waals surface area contributed by atoms with Crippen molar-refractivity contribution in [1.29, 1.82) is 0 Å². The van der Waals surface area contributed by atoms with Gasteiger partial charge >= 0.3 is 0 Å². The monoisotopic (exact) mass is 229 g/mol. The number of hydrogen-bond acceptors (Lipinski definition) is 2. The van der Waals surface area contributed by atoms with Crippen LogP contribution in [0.15, 0.2) is 18.2 Å². The van der Waals surface area contributed by atoms with Crippen molar-refractivity contribution in [1.82, 2.24) is 10.2 Å². The van der Waals surface area contributed by atoms with E-state index in [0.717, 1.165) is 17.8 Å². The van der Waals surface area contributed by atoms with Gasteiger partial charge in [0.15, 0.2) is 0 Å². The van der Waals surface area contributed by atoms with Gasteiger partial charge in [-0.3, -0.25) is 5.10 Å². The highest BCUT2D eigenvalue weighted by Crippen LogP contribution is 2.25. The number of aromatic nitrogens is 2. The first-order valence-electron chi connectivity index (χ1n) is 5.95. The number of hydrogen-bond donors (Lipinski definition) is 2. The normalized spacial score (nSPS) is 10.8. The Hall–Kier alpha value is -1.61. The van der Waals surface area contributed by atoms with Gasteiger partial charge in [0.25, 0.3) is 0 Å². The summed E-state index contributed by atoms with van der Waals surface area (Å²) in [6.45, 7) is 6.99. The lowest BCUT2D eigenvalue weighted by molar-refractivity contribution is 0.896. The standard InChI is InChI=1S/C14H19N3/c1-9-4-5-12(8-10(9)2)14-11(3)13(6-7-15)16-17-14/h4-5,8H,6-7,15H2,1-3H3,(H,16,17). The smallest absolute Gasteiger partial charge is 0.0952 e. The number of H-pyrrole nitrogens is 1. The summed E-state index contributed by atoms with van der Waals surface area (Å²) >= 11 is 0. The van der Waals surface area contributed by atoms with Crippen molar-refractivity contribution in [3.8, 4) is 11.3 Å². The molecule has 0 spiro atoms. The van der Waals surface area contributed by atoms with Gasteiger partial charge in [-0.1, -0.05) is 12.1 Å². The SMILES string of the molecule is Cc1ccc(-c2n[nH]c(CCN)c2C)cc1C. The first-order chi connectivity index (χ1) is 8.13. The van der Waals surface area contributed by atoms with Crippen LogP contribution in [0.25, 0.3) is 11.3 Å². The molecule has 0 bridgehead atoms. The van der Waals surface area contributed by atoms with Crippen LogP contribution in [0.2, 0.25) is 0 Å². The Bertz CT molecular complexity index is 526. The van der Waals surface area contributed by atoms with Gasteiger partial charge in [0.2, 0.25) is 0 Å². The second-order valence-corrected chi connectivity index (χ2v) is 4.51. The minimum atomic E-state index is 0.648. The van der Waals surface area contributed by atoms with Gasteiger partial charge in [-0.25, -0.2) is 0 Å². The van der Waals surface area contributed by atoms with Crippen LogP contribution in [0.5, 0.6) is 0 Å². The number of benzene rings is 1. The number of nitrogens with one attached hydrogen (secondary N) is 1. The molecule has 0 fully saturated rings. The Balaban J connectivity index is 2.42. The lowest BCUT2D eigenvalue weighted by atomic mass is 10.0. The van der Waals surface area contributed by atoms with E-state index in [2.05, 4.69) is 49.2 Å². The third kappa shape index (κ3) is 2.24. The predicted octanol–water partition coefficient (Wildman–Crippen LogP) is 2.50. The summed E-state index contributed by atoms with van der Waals surface area (Å²) < 4.78 is 0. The van der Waals surface area contributed by atoms with Gasteiger partial charge in [0.1, 0.15) is 0 Å². The van der Waals surface area contributed by atoms with Crippen molar-refractivity contribution < 1.29 is 0 Å². The summed E-state index contributed by atoms with van der Waals surface area (Å²) in [7, 11) is 0. The van der Waals surface area contributed by atoms with Crippen molar-refractivity contribution in [2.45, 2.75) is 27.2 Å². The molecule has 0 amide bonds. The Morgan fingerprint density at radius 1 is 1.18 bits per heavy atom. The summed E-state index contributed by atoms with van der Waals surface area (Å²) in [5, 5.41) is 7.47.